The fraction of sp³-hybridized carbons (Fsp3) is 0.438. The first kappa shape index (κ1) is 34.4. The van der Waals surface area contributed by atoms with Crippen molar-refractivity contribution in [2.45, 2.75) is 50.4 Å². The van der Waals surface area contributed by atoms with Crippen molar-refractivity contribution >= 4 is 5.97 Å². The summed E-state index contributed by atoms with van der Waals surface area (Å²) in [7, 11) is 0. The zero-order chi connectivity index (χ0) is 32.7. The summed E-state index contributed by atoms with van der Waals surface area (Å²) >= 11 is 0. The number of aliphatic hydroxyl groups is 1. The summed E-state index contributed by atoms with van der Waals surface area (Å²) in [6, 6.07) is 14.4. The van der Waals surface area contributed by atoms with Crippen LogP contribution >= 0.6 is 0 Å². The number of carbonyl (C=O) groups excluding carboxylic acids is 1. The zero-order valence-electron chi connectivity index (χ0n) is 24.7. The van der Waals surface area contributed by atoms with Crippen LogP contribution in [0.3, 0.4) is 0 Å². The van der Waals surface area contributed by atoms with Crippen molar-refractivity contribution in [3.05, 3.63) is 89.7 Å². The van der Waals surface area contributed by atoms with Crippen LogP contribution < -0.4 is 0 Å². The van der Waals surface area contributed by atoms with Crippen LogP contribution in [0.15, 0.2) is 73.1 Å². The van der Waals surface area contributed by atoms with Gasteiger partial charge in [-0.2, -0.15) is 26.3 Å². The van der Waals surface area contributed by atoms with E-state index in [1.165, 1.54) is 0 Å². The van der Waals surface area contributed by atoms with Gasteiger partial charge in [0.25, 0.3) is 5.60 Å². The minimum atomic E-state index is -5.95. The Hall–Kier alpha value is -3.52. The molecule has 1 aliphatic heterocycles. The van der Waals surface area contributed by atoms with Crippen LogP contribution in [0.25, 0.3) is 11.1 Å². The number of pyridine rings is 1. The number of hydrogen-bond donors (Lipinski definition) is 1. The topological polar surface area (TPSA) is 75.1 Å². The van der Waals surface area contributed by atoms with E-state index in [1.54, 1.807) is 24.5 Å². The van der Waals surface area contributed by atoms with Crippen LogP contribution in [-0.2, 0) is 33.0 Å². The molecule has 1 aromatic heterocycles. The lowest BCUT2D eigenvalue weighted by atomic mass is 9.90. The molecule has 1 fully saturated rings. The smallest absolute Gasteiger partial charge is 0.430 e. The third-order valence-corrected chi connectivity index (χ3v) is 7.74. The maximum absolute atomic E-state index is 13.2. The Morgan fingerprint density at radius 2 is 1.42 bits per heavy atom. The average Bonchev–Trinajstić information content (AvgIpc) is 3.00. The summed E-state index contributed by atoms with van der Waals surface area (Å²) in [5.74, 6) is -0.322. The highest BCUT2D eigenvalue weighted by molar-refractivity contribution is 5.70. The fourth-order valence-corrected chi connectivity index (χ4v) is 5.29. The summed E-state index contributed by atoms with van der Waals surface area (Å²) in [6.45, 7) is 6.21. The highest BCUT2D eigenvalue weighted by Crippen LogP contribution is 2.50. The number of aromatic nitrogens is 1. The highest BCUT2D eigenvalue weighted by Gasteiger charge is 2.71. The van der Waals surface area contributed by atoms with Gasteiger partial charge in [0.2, 0.25) is 0 Å². The molecule has 0 amide bonds. The van der Waals surface area contributed by atoms with E-state index in [4.69, 9.17) is 9.47 Å². The zero-order valence-corrected chi connectivity index (χ0v) is 24.7. The van der Waals surface area contributed by atoms with Crippen LogP contribution in [0.2, 0.25) is 0 Å². The predicted octanol–water partition coefficient (Wildman–Crippen LogP) is 5.72. The van der Waals surface area contributed by atoms with Gasteiger partial charge in [-0.05, 0) is 41.3 Å². The second kappa shape index (κ2) is 14.7. The molecule has 0 bridgehead atoms. The van der Waals surface area contributed by atoms with Gasteiger partial charge in [-0.1, -0.05) is 48.5 Å². The van der Waals surface area contributed by atoms with Crippen molar-refractivity contribution in [1.82, 2.24) is 14.8 Å². The minimum absolute atomic E-state index is 0.131. The molecule has 0 aliphatic carbocycles. The molecule has 1 N–H and O–H groups in total. The number of ether oxygens (including phenoxy) is 2. The number of halogens is 6. The average molecular weight is 640 g/mol. The van der Waals surface area contributed by atoms with Crippen molar-refractivity contribution in [3.63, 3.8) is 0 Å². The molecule has 0 spiro atoms. The second-order valence-electron chi connectivity index (χ2n) is 10.8. The summed E-state index contributed by atoms with van der Waals surface area (Å²) in [6.07, 6.45) is -8.23. The van der Waals surface area contributed by atoms with Gasteiger partial charge in [0.05, 0.1) is 13.0 Å². The molecular weight excluding hydrogens is 604 g/mol. The maximum Gasteiger partial charge on any atom is 0.430 e. The molecule has 4 rings (SSSR count). The van der Waals surface area contributed by atoms with Gasteiger partial charge in [-0.3, -0.25) is 19.6 Å². The van der Waals surface area contributed by atoms with Crippen molar-refractivity contribution in [2.75, 3.05) is 39.5 Å². The first-order chi connectivity index (χ1) is 21.3. The standard InChI is InChI=1S/C32H35F6N3O4/c1-2-44-17-18-45-29(42)19-28-22-40(20-24-11-13-39-14-12-24)15-16-41(28)21-23-3-5-25(6-4-23)26-7-9-27(10-8-26)30(43,31(33,34)35)32(36,37)38/h3-14,28,43H,2,15-22H2,1H3. The Balaban J connectivity index is 1.45. The van der Waals surface area contributed by atoms with E-state index >= 15 is 0 Å². The lowest BCUT2D eigenvalue weighted by molar-refractivity contribution is -0.376. The highest BCUT2D eigenvalue weighted by atomic mass is 19.4. The number of nitrogens with zero attached hydrogens (tertiary/aromatic N) is 3. The van der Waals surface area contributed by atoms with Crippen LogP contribution in [0, 0.1) is 0 Å². The minimum Gasteiger partial charge on any atom is -0.463 e. The maximum atomic E-state index is 13.2. The Morgan fingerprint density at radius 3 is 2.00 bits per heavy atom. The molecule has 0 radical (unpaired) electrons. The number of piperazine rings is 1. The van der Waals surface area contributed by atoms with Gasteiger partial charge in [0.15, 0.2) is 0 Å². The Kier molecular flexibility index (Phi) is 11.2. The predicted molar refractivity (Wildman–Crippen MR) is 154 cm³/mol. The third kappa shape index (κ3) is 8.60. The van der Waals surface area contributed by atoms with Gasteiger partial charge in [0.1, 0.15) is 6.61 Å². The van der Waals surface area contributed by atoms with E-state index in [9.17, 15) is 36.2 Å². The SMILES string of the molecule is CCOCCOC(=O)CC1CN(Cc2ccncc2)CCN1Cc1ccc(-c2ccc(C(O)(C(F)(F)F)C(F)(F)F)cc2)cc1. The van der Waals surface area contributed by atoms with Gasteiger partial charge in [0, 0.05) is 63.3 Å². The summed E-state index contributed by atoms with van der Waals surface area (Å²) in [4.78, 5) is 21.2. The van der Waals surface area contributed by atoms with E-state index in [2.05, 4.69) is 14.8 Å². The van der Waals surface area contributed by atoms with Crippen LogP contribution in [-0.4, -0.2) is 83.7 Å². The third-order valence-electron chi connectivity index (χ3n) is 7.74. The molecule has 45 heavy (non-hydrogen) atoms. The molecule has 3 aromatic rings. The van der Waals surface area contributed by atoms with E-state index in [0.717, 1.165) is 29.8 Å². The number of benzene rings is 2. The van der Waals surface area contributed by atoms with E-state index in [-0.39, 0.29) is 25.0 Å². The lowest BCUT2D eigenvalue weighted by Crippen LogP contribution is -2.53. The largest absolute Gasteiger partial charge is 0.463 e. The molecule has 1 saturated heterocycles. The monoisotopic (exact) mass is 639 g/mol. The lowest BCUT2D eigenvalue weighted by Gasteiger charge is -2.41. The van der Waals surface area contributed by atoms with Gasteiger partial charge >= 0.3 is 18.3 Å². The van der Waals surface area contributed by atoms with Crippen molar-refractivity contribution in [1.29, 1.82) is 0 Å². The number of alkyl halides is 6. The first-order valence-corrected chi connectivity index (χ1v) is 14.5. The first-order valence-electron chi connectivity index (χ1n) is 14.5. The van der Waals surface area contributed by atoms with Gasteiger partial charge in [-0.15, -0.1) is 0 Å². The Morgan fingerprint density at radius 1 is 0.844 bits per heavy atom. The quantitative estimate of drug-likeness (QED) is 0.155. The van der Waals surface area contributed by atoms with Crippen LogP contribution in [0.5, 0.6) is 0 Å². The number of rotatable bonds is 12. The molecule has 244 valence electrons. The molecular formula is C32H35F6N3O4. The van der Waals surface area contributed by atoms with Crippen LogP contribution in [0.1, 0.15) is 30.0 Å². The second-order valence-corrected chi connectivity index (χ2v) is 10.8. The summed E-state index contributed by atoms with van der Waals surface area (Å²) in [5.41, 5.74) is -3.30. The van der Waals surface area contributed by atoms with Crippen molar-refractivity contribution in [2.24, 2.45) is 0 Å². The molecule has 0 saturated carbocycles. The van der Waals surface area contributed by atoms with Gasteiger partial charge in [-0.25, -0.2) is 0 Å². The molecule has 13 heteroatoms. The van der Waals surface area contributed by atoms with E-state index < -0.39 is 23.5 Å². The number of carbonyl (C=O) groups is 1. The molecule has 2 heterocycles. The van der Waals surface area contributed by atoms with Crippen LogP contribution in [0.4, 0.5) is 26.3 Å². The van der Waals surface area contributed by atoms with Crippen molar-refractivity contribution in [3.8, 4) is 11.1 Å². The molecule has 7 nitrogen and oxygen atoms in total. The Bertz CT molecular complexity index is 1350. The molecule has 2 aromatic carbocycles. The fourth-order valence-electron chi connectivity index (χ4n) is 5.29. The molecule has 1 unspecified atom stereocenters. The van der Waals surface area contributed by atoms with E-state index in [1.807, 2.05) is 31.2 Å². The number of hydrogen-bond acceptors (Lipinski definition) is 7. The van der Waals surface area contributed by atoms with Gasteiger partial charge < -0.3 is 14.6 Å². The number of esters is 1. The summed E-state index contributed by atoms with van der Waals surface area (Å²) < 4.78 is 90.0. The molecule has 1 aliphatic rings. The van der Waals surface area contributed by atoms with Crippen molar-refractivity contribution < 1.29 is 45.7 Å². The summed E-state index contributed by atoms with van der Waals surface area (Å²) in [5, 5.41) is 9.65. The van der Waals surface area contributed by atoms with E-state index in [0.29, 0.717) is 62.7 Å². The molecule has 1 atom stereocenters. The Labute approximate surface area is 257 Å². The normalized spacial score (nSPS) is 16.9.